The summed E-state index contributed by atoms with van der Waals surface area (Å²) in [5.41, 5.74) is -2.41. The molecule has 1 saturated carbocycles. The number of aromatic nitrogens is 2. The van der Waals surface area contributed by atoms with Crippen molar-refractivity contribution in [3.63, 3.8) is 0 Å². The lowest BCUT2D eigenvalue weighted by atomic mass is 9.91. The van der Waals surface area contributed by atoms with Crippen LogP contribution in [0.3, 0.4) is 0 Å². The second-order valence-electron chi connectivity index (χ2n) is 13.0. The summed E-state index contributed by atoms with van der Waals surface area (Å²) in [7, 11) is 0. The number of nitrogens with zero attached hydrogens (tertiary/aromatic N) is 4. The van der Waals surface area contributed by atoms with Gasteiger partial charge in [0, 0.05) is 51.2 Å². The first-order valence-corrected chi connectivity index (χ1v) is 16.6. The molecule has 4 heterocycles. The third-order valence-electron chi connectivity index (χ3n) is 9.13. The summed E-state index contributed by atoms with van der Waals surface area (Å²) in [6.07, 6.45) is 0.489. The van der Waals surface area contributed by atoms with Gasteiger partial charge in [0.05, 0.1) is 37.0 Å². The molecule has 52 heavy (non-hydrogen) atoms. The molecule has 3 N–H and O–H groups in total. The summed E-state index contributed by atoms with van der Waals surface area (Å²) >= 11 is 0. The largest absolute Gasteiger partial charge is 0.486 e. The number of carboxylic acid groups (broad SMARTS) is 2. The number of carbonyl (C=O) groups is 5. The Balaban J connectivity index is 1.19. The summed E-state index contributed by atoms with van der Waals surface area (Å²) in [5.74, 6) is -5.78. The van der Waals surface area contributed by atoms with Crippen molar-refractivity contribution in [2.45, 2.75) is 63.2 Å². The van der Waals surface area contributed by atoms with Crippen molar-refractivity contribution in [1.29, 1.82) is 0 Å². The molecule has 2 aromatic heterocycles. The molecule has 1 aromatic carbocycles. The molecule has 1 unspecified atom stereocenters. The molecule has 1 aliphatic carbocycles. The van der Waals surface area contributed by atoms with Crippen LogP contribution >= 0.6 is 0 Å². The fourth-order valence-electron chi connectivity index (χ4n) is 6.23. The van der Waals surface area contributed by atoms with E-state index in [4.69, 9.17) is 19.3 Å². The minimum Gasteiger partial charge on any atom is -0.486 e. The van der Waals surface area contributed by atoms with Gasteiger partial charge in [0.1, 0.15) is 29.5 Å². The average Bonchev–Trinajstić information content (AvgIpc) is 3.87. The number of rotatable bonds is 13. The molecule has 3 aliphatic rings. The Morgan fingerprint density at radius 1 is 1.06 bits per heavy atom. The number of pyridine rings is 2. The number of hydrogen-bond acceptors (Lipinski definition) is 11. The molecule has 0 spiro atoms. The zero-order valence-electron chi connectivity index (χ0n) is 27.9. The molecule has 2 saturated heterocycles. The van der Waals surface area contributed by atoms with Gasteiger partial charge in [-0.1, -0.05) is 0 Å². The van der Waals surface area contributed by atoms with Crippen molar-refractivity contribution in [3.8, 4) is 5.75 Å². The number of carboxylic acids is 2. The lowest BCUT2D eigenvalue weighted by Gasteiger charge is -2.41. The third kappa shape index (κ3) is 7.74. The number of aromatic carboxylic acids is 1. The number of hydrogen-bond donors (Lipinski definition) is 3. The molecule has 16 nitrogen and oxygen atoms in total. The lowest BCUT2D eigenvalue weighted by Crippen LogP contribution is -2.51. The molecule has 6 rings (SSSR count). The molecular weight excluding hydrogens is 692 g/mol. The molecule has 3 fully saturated rings. The predicted molar refractivity (Wildman–Crippen MR) is 177 cm³/mol. The van der Waals surface area contributed by atoms with E-state index in [1.807, 2.05) is 0 Å². The van der Waals surface area contributed by atoms with Gasteiger partial charge in [-0.05, 0) is 31.0 Å². The topological polar surface area (TPSA) is 207 Å². The van der Waals surface area contributed by atoms with Crippen LogP contribution in [0.1, 0.15) is 61.8 Å². The smallest absolute Gasteiger partial charge is 0.414 e. The summed E-state index contributed by atoms with van der Waals surface area (Å²) in [5, 5.41) is 21.0. The average molecular weight is 728 g/mol. The molecular formula is C34H35F2N5O11. The Bertz CT molecular complexity index is 2010. The fourth-order valence-corrected chi connectivity index (χ4v) is 6.23. The van der Waals surface area contributed by atoms with Gasteiger partial charge in [-0.15, -0.1) is 0 Å². The normalized spacial score (nSPS) is 18.2. The van der Waals surface area contributed by atoms with E-state index in [0.717, 1.165) is 25.0 Å². The SMILES string of the molecule is CC(=O)NCC1CN(c2ccc(OCC3(OC(=O)CCC(=O)O)CCN(c4nc5c(cc4F)c(=O)c(C(=O)O)cn5C4CC4)CC3)c(F)c2)C(=O)O1. The molecule has 0 bridgehead atoms. The van der Waals surface area contributed by atoms with E-state index in [0.29, 0.717) is 0 Å². The molecule has 0 radical (unpaired) electrons. The third-order valence-corrected chi connectivity index (χ3v) is 9.13. The van der Waals surface area contributed by atoms with Gasteiger partial charge < -0.3 is 39.2 Å². The Hall–Kier alpha value is -5.81. The van der Waals surface area contributed by atoms with E-state index in [2.05, 4.69) is 10.3 Å². The highest BCUT2D eigenvalue weighted by molar-refractivity contribution is 5.92. The van der Waals surface area contributed by atoms with Crippen LogP contribution in [0.4, 0.5) is 25.1 Å². The van der Waals surface area contributed by atoms with Crippen molar-refractivity contribution in [2.24, 2.45) is 0 Å². The summed E-state index contributed by atoms with van der Waals surface area (Å²) in [4.78, 5) is 79.3. The first kappa shape index (κ1) is 36.0. The molecule has 2 aliphatic heterocycles. The minimum absolute atomic E-state index is 0.0351. The van der Waals surface area contributed by atoms with E-state index in [-0.39, 0.29) is 85.9 Å². The number of benzene rings is 1. The number of cyclic esters (lactones) is 1. The van der Waals surface area contributed by atoms with Crippen LogP contribution in [-0.2, 0) is 23.9 Å². The van der Waals surface area contributed by atoms with Crippen LogP contribution in [0.5, 0.6) is 5.75 Å². The predicted octanol–water partition coefficient (Wildman–Crippen LogP) is 3.00. The van der Waals surface area contributed by atoms with Crippen molar-refractivity contribution in [2.75, 3.05) is 42.6 Å². The zero-order valence-corrected chi connectivity index (χ0v) is 27.9. The second kappa shape index (κ2) is 14.4. The number of piperidine rings is 1. The highest BCUT2D eigenvalue weighted by Gasteiger charge is 2.41. The molecule has 3 aromatic rings. The van der Waals surface area contributed by atoms with Gasteiger partial charge >= 0.3 is 24.0 Å². The van der Waals surface area contributed by atoms with Crippen molar-refractivity contribution in [1.82, 2.24) is 14.9 Å². The zero-order chi connectivity index (χ0) is 37.3. The minimum atomic E-state index is -1.43. The van der Waals surface area contributed by atoms with E-state index >= 15 is 8.78 Å². The summed E-state index contributed by atoms with van der Waals surface area (Å²) in [6.45, 7) is 1.25. The molecule has 1 atom stereocenters. The van der Waals surface area contributed by atoms with Crippen LogP contribution in [-0.4, -0.2) is 94.2 Å². The monoisotopic (exact) mass is 727 g/mol. The van der Waals surface area contributed by atoms with Crippen molar-refractivity contribution in [3.05, 3.63) is 57.9 Å². The second-order valence-corrected chi connectivity index (χ2v) is 13.0. The van der Waals surface area contributed by atoms with Gasteiger partial charge in [0.15, 0.2) is 23.2 Å². The lowest BCUT2D eigenvalue weighted by molar-refractivity contribution is -0.167. The van der Waals surface area contributed by atoms with Gasteiger partial charge in [0.25, 0.3) is 0 Å². The number of aliphatic carboxylic acids is 1. The van der Waals surface area contributed by atoms with Gasteiger partial charge in [-0.25, -0.2) is 23.4 Å². The Morgan fingerprint density at radius 2 is 1.79 bits per heavy atom. The number of esters is 1. The number of anilines is 2. The number of nitrogens with one attached hydrogen (secondary N) is 1. The quantitative estimate of drug-likeness (QED) is 0.217. The number of halogens is 2. The maximum Gasteiger partial charge on any atom is 0.414 e. The van der Waals surface area contributed by atoms with E-state index in [9.17, 15) is 33.9 Å². The van der Waals surface area contributed by atoms with Gasteiger partial charge in [-0.3, -0.25) is 24.1 Å². The van der Waals surface area contributed by atoms with Crippen LogP contribution in [0.25, 0.3) is 11.0 Å². The molecule has 2 amide bonds. The maximum absolute atomic E-state index is 15.6. The maximum atomic E-state index is 15.6. The van der Waals surface area contributed by atoms with Crippen molar-refractivity contribution < 1.29 is 57.2 Å². The standard InChI is InChI=1S/C34H35F2N5O11/c1-18(42)37-14-21-15-41(33(49)51-21)20-4-5-26(24(35)12-20)50-17-34(52-28(45)7-6-27(43)44)8-10-39(11-9-34)31-25(36)13-22-29(46)23(32(47)48)16-40(19-2-3-19)30(22)38-31/h4-5,12-13,16,19,21H,2-3,6-11,14-15,17H2,1H3,(H,37,42)(H,43,44)(H,47,48). The highest BCUT2D eigenvalue weighted by Crippen LogP contribution is 2.38. The molecule has 18 heteroatoms. The number of fused-ring (bicyclic) bond motifs is 1. The summed E-state index contributed by atoms with van der Waals surface area (Å²) in [6, 6.07) is 4.68. The number of carbonyl (C=O) groups excluding carboxylic acids is 3. The number of amides is 2. The first-order valence-electron chi connectivity index (χ1n) is 16.6. The molecule has 276 valence electrons. The van der Waals surface area contributed by atoms with Gasteiger partial charge in [-0.2, -0.15) is 0 Å². The van der Waals surface area contributed by atoms with Crippen LogP contribution in [0.15, 0.2) is 35.3 Å². The number of ether oxygens (including phenoxy) is 3. The van der Waals surface area contributed by atoms with E-state index in [1.54, 1.807) is 9.47 Å². The first-order chi connectivity index (χ1) is 24.7. The van der Waals surface area contributed by atoms with Crippen LogP contribution < -0.4 is 25.3 Å². The summed E-state index contributed by atoms with van der Waals surface area (Å²) < 4.78 is 49.3. The van der Waals surface area contributed by atoms with Crippen LogP contribution in [0.2, 0.25) is 0 Å². The van der Waals surface area contributed by atoms with Crippen LogP contribution in [0, 0.1) is 11.6 Å². The van der Waals surface area contributed by atoms with E-state index in [1.165, 1.54) is 30.2 Å². The fraction of sp³-hybridized carbons (Fsp3) is 0.441. The van der Waals surface area contributed by atoms with Crippen molar-refractivity contribution >= 4 is 52.4 Å². The Labute approximate surface area is 293 Å². The van der Waals surface area contributed by atoms with E-state index < -0.39 is 71.2 Å². The van der Waals surface area contributed by atoms with Gasteiger partial charge in [0.2, 0.25) is 11.3 Å². The Kier molecular flexibility index (Phi) is 9.99. The highest BCUT2D eigenvalue weighted by atomic mass is 19.1. The Morgan fingerprint density at radius 3 is 2.42 bits per heavy atom.